The third-order valence-electron chi connectivity index (χ3n) is 6.50. The predicted octanol–water partition coefficient (Wildman–Crippen LogP) is 6.99. The lowest BCUT2D eigenvalue weighted by Gasteiger charge is -2.32. The molecule has 2 N–H and O–H groups in total. The summed E-state index contributed by atoms with van der Waals surface area (Å²) in [6, 6.07) is 12.3. The van der Waals surface area contributed by atoms with Crippen LogP contribution < -0.4 is 4.74 Å². The number of benzene rings is 2. The van der Waals surface area contributed by atoms with Gasteiger partial charge in [0.15, 0.2) is 6.10 Å². The van der Waals surface area contributed by atoms with Gasteiger partial charge in [-0.15, -0.1) is 0 Å². The standard InChI is InChI=1S/C29H37O7P/c1-6-10-23-16-26(30)28(25-15-20(4)13-14-24(25)19(2)3)27(17-23)35-29(31)21(5)36-37(32,33)34-18-22-11-8-7-9-12-22/h7-9,11-12,15-17,21,24-25,30H,2,6,10,13-14,18H2,1,3-5H3,(H,32,33)/t21?,24-,25+/m0/s1. The number of hydrogen-bond acceptors (Lipinski definition) is 6. The van der Waals surface area contributed by atoms with E-state index in [1.54, 1.807) is 36.4 Å². The minimum Gasteiger partial charge on any atom is -0.507 e. The van der Waals surface area contributed by atoms with Crippen molar-refractivity contribution in [2.45, 2.75) is 72.0 Å². The predicted molar refractivity (Wildman–Crippen MR) is 143 cm³/mol. The number of aryl methyl sites for hydroxylation is 1. The lowest BCUT2D eigenvalue weighted by atomic mass is 9.73. The molecule has 0 heterocycles. The normalized spacial score (nSPS) is 20.0. The second-order valence-corrected chi connectivity index (χ2v) is 11.1. The molecule has 1 aliphatic rings. The number of carbonyl (C=O) groups excluding carboxylic acids is 1. The SMILES string of the molecule is C=C(C)[C@@H]1CCC(C)=C[C@H]1c1c(O)cc(CCC)cc1OC(=O)C(C)OP(=O)(O)OCc1ccccc1. The maximum atomic E-state index is 13.0. The lowest BCUT2D eigenvalue weighted by molar-refractivity contribution is -0.142. The first-order chi connectivity index (χ1) is 17.5. The van der Waals surface area contributed by atoms with E-state index in [0.29, 0.717) is 17.5 Å². The van der Waals surface area contributed by atoms with E-state index in [9.17, 15) is 19.4 Å². The van der Waals surface area contributed by atoms with Gasteiger partial charge in [-0.25, -0.2) is 9.36 Å². The summed E-state index contributed by atoms with van der Waals surface area (Å²) in [5.41, 5.74) is 4.18. The van der Waals surface area contributed by atoms with Crippen molar-refractivity contribution in [2.75, 3.05) is 0 Å². The van der Waals surface area contributed by atoms with Gasteiger partial charge in [-0.3, -0.25) is 9.05 Å². The fourth-order valence-corrected chi connectivity index (χ4v) is 5.48. The van der Waals surface area contributed by atoms with Crippen LogP contribution in [0.15, 0.2) is 66.3 Å². The number of aromatic hydroxyl groups is 1. The van der Waals surface area contributed by atoms with Crippen molar-refractivity contribution in [2.24, 2.45) is 5.92 Å². The van der Waals surface area contributed by atoms with Crippen LogP contribution in [-0.2, 0) is 31.4 Å². The maximum Gasteiger partial charge on any atom is 0.473 e. The van der Waals surface area contributed by atoms with E-state index >= 15 is 0 Å². The van der Waals surface area contributed by atoms with Crippen LogP contribution in [0.4, 0.5) is 0 Å². The molecule has 0 saturated carbocycles. The summed E-state index contributed by atoms with van der Waals surface area (Å²) in [6.45, 7) is 11.3. The number of phosphoric ester groups is 1. The van der Waals surface area contributed by atoms with Crippen LogP contribution in [0.3, 0.4) is 0 Å². The molecule has 0 radical (unpaired) electrons. The highest BCUT2D eigenvalue weighted by Gasteiger charge is 2.33. The molecular formula is C29H37O7P. The molecule has 3 rings (SSSR count). The molecule has 0 saturated heterocycles. The largest absolute Gasteiger partial charge is 0.507 e. The minimum absolute atomic E-state index is 0.0449. The number of ether oxygens (including phenoxy) is 1. The highest BCUT2D eigenvalue weighted by atomic mass is 31.2. The summed E-state index contributed by atoms with van der Waals surface area (Å²) in [5.74, 6) is -0.760. The van der Waals surface area contributed by atoms with E-state index in [4.69, 9.17) is 13.8 Å². The molecule has 2 aromatic carbocycles. The first-order valence-electron chi connectivity index (χ1n) is 12.6. The molecule has 0 amide bonds. The molecule has 2 aromatic rings. The van der Waals surface area contributed by atoms with E-state index in [1.807, 2.05) is 26.8 Å². The van der Waals surface area contributed by atoms with Gasteiger partial charge in [-0.05, 0) is 69.2 Å². The minimum atomic E-state index is -4.54. The highest BCUT2D eigenvalue weighted by Crippen LogP contribution is 2.48. The summed E-state index contributed by atoms with van der Waals surface area (Å²) < 4.78 is 28.3. The second kappa shape index (κ2) is 12.7. The van der Waals surface area contributed by atoms with Gasteiger partial charge in [0.05, 0.1) is 6.61 Å². The van der Waals surface area contributed by atoms with Crippen LogP contribution in [0.25, 0.3) is 0 Å². The van der Waals surface area contributed by atoms with Crippen molar-refractivity contribution in [3.8, 4) is 11.5 Å². The van der Waals surface area contributed by atoms with E-state index in [2.05, 4.69) is 12.7 Å². The van der Waals surface area contributed by atoms with Gasteiger partial charge in [-0.2, -0.15) is 0 Å². The number of rotatable bonds is 11. The molecule has 8 heteroatoms. The number of esters is 1. The van der Waals surface area contributed by atoms with Gasteiger partial charge in [0.25, 0.3) is 0 Å². The quantitative estimate of drug-likeness (QED) is 0.140. The molecule has 4 atom stereocenters. The van der Waals surface area contributed by atoms with Crippen LogP contribution in [0.1, 0.15) is 69.6 Å². The van der Waals surface area contributed by atoms with E-state index < -0.39 is 19.9 Å². The zero-order valence-corrected chi connectivity index (χ0v) is 22.9. The topological polar surface area (TPSA) is 102 Å². The van der Waals surface area contributed by atoms with Crippen LogP contribution in [0.5, 0.6) is 11.5 Å². The molecule has 200 valence electrons. The van der Waals surface area contributed by atoms with Gasteiger partial charge in [0, 0.05) is 11.5 Å². The number of phosphoric acid groups is 1. The third kappa shape index (κ3) is 7.89. The Bertz CT molecular complexity index is 1190. The van der Waals surface area contributed by atoms with Gasteiger partial charge in [0.2, 0.25) is 0 Å². The van der Waals surface area contributed by atoms with E-state index in [-0.39, 0.29) is 29.9 Å². The van der Waals surface area contributed by atoms with Gasteiger partial charge in [0.1, 0.15) is 11.5 Å². The summed E-state index contributed by atoms with van der Waals surface area (Å²) in [5, 5.41) is 11.1. The molecule has 2 unspecified atom stereocenters. The van der Waals surface area contributed by atoms with Gasteiger partial charge in [-0.1, -0.05) is 67.5 Å². The number of allylic oxidation sites excluding steroid dienone is 3. The second-order valence-electron chi connectivity index (χ2n) is 9.70. The summed E-state index contributed by atoms with van der Waals surface area (Å²) in [6.07, 6.45) is 4.03. The Morgan fingerprint density at radius 3 is 2.57 bits per heavy atom. The average Bonchev–Trinajstić information content (AvgIpc) is 2.83. The van der Waals surface area contributed by atoms with Crippen molar-refractivity contribution in [3.05, 3.63) is 83.0 Å². The van der Waals surface area contributed by atoms with Crippen LogP contribution in [0, 0.1) is 5.92 Å². The molecular weight excluding hydrogens is 491 g/mol. The Hall–Kier alpha value is -2.70. The van der Waals surface area contributed by atoms with Crippen molar-refractivity contribution >= 4 is 13.8 Å². The average molecular weight is 529 g/mol. The van der Waals surface area contributed by atoms with Crippen LogP contribution >= 0.6 is 7.82 Å². The van der Waals surface area contributed by atoms with Crippen LogP contribution in [-0.4, -0.2) is 22.1 Å². The number of phenols is 1. The van der Waals surface area contributed by atoms with Crippen molar-refractivity contribution in [1.82, 2.24) is 0 Å². The number of hydrogen-bond donors (Lipinski definition) is 2. The monoisotopic (exact) mass is 528 g/mol. The highest BCUT2D eigenvalue weighted by molar-refractivity contribution is 7.47. The Morgan fingerprint density at radius 2 is 1.92 bits per heavy atom. The lowest BCUT2D eigenvalue weighted by Crippen LogP contribution is -2.26. The van der Waals surface area contributed by atoms with Crippen molar-refractivity contribution in [1.29, 1.82) is 0 Å². The summed E-state index contributed by atoms with van der Waals surface area (Å²) in [7, 11) is -4.54. The molecule has 0 aromatic heterocycles. The smallest absolute Gasteiger partial charge is 0.473 e. The van der Waals surface area contributed by atoms with Gasteiger partial charge >= 0.3 is 13.8 Å². The van der Waals surface area contributed by atoms with Crippen LogP contribution in [0.2, 0.25) is 0 Å². The number of carbonyl (C=O) groups is 1. The molecule has 1 aliphatic carbocycles. The zero-order chi connectivity index (χ0) is 27.2. The fourth-order valence-electron chi connectivity index (χ4n) is 4.62. The molecule has 7 nitrogen and oxygen atoms in total. The van der Waals surface area contributed by atoms with Crippen molar-refractivity contribution in [3.63, 3.8) is 0 Å². The first kappa shape index (κ1) is 28.9. The maximum absolute atomic E-state index is 13.0. The third-order valence-corrected chi connectivity index (χ3v) is 7.54. The Balaban J connectivity index is 1.84. The Labute approximate surface area is 219 Å². The van der Waals surface area contributed by atoms with Crippen molar-refractivity contribution < 1.29 is 33.1 Å². The summed E-state index contributed by atoms with van der Waals surface area (Å²) >= 11 is 0. The fraction of sp³-hybridized carbons (Fsp3) is 0.414. The first-order valence-corrected chi connectivity index (χ1v) is 14.1. The van der Waals surface area contributed by atoms with E-state index in [1.165, 1.54) is 12.5 Å². The Morgan fingerprint density at radius 1 is 1.22 bits per heavy atom. The zero-order valence-electron chi connectivity index (χ0n) is 22.0. The number of phenolic OH excluding ortho intramolecular Hbond substituents is 1. The molecule has 0 spiro atoms. The molecule has 37 heavy (non-hydrogen) atoms. The van der Waals surface area contributed by atoms with E-state index in [0.717, 1.165) is 30.4 Å². The molecule has 0 bridgehead atoms. The summed E-state index contributed by atoms with van der Waals surface area (Å²) in [4.78, 5) is 23.2. The molecule has 0 fully saturated rings. The Kier molecular flexibility index (Phi) is 9.91. The molecule has 0 aliphatic heterocycles. The van der Waals surface area contributed by atoms with Gasteiger partial charge < -0.3 is 14.7 Å².